The number of rotatable bonds is 18. The molecule has 0 saturated carbocycles. The van der Waals surface area contributed by atoms with Crippen LogP contribution in [0.25, 0.3) is 0 Å². The van der Waals surface area contributed by atoms with Gasteiger partial charge in [0.15, 0.2) is 0 Å². The van der Waals surface area contributed by atoms with E-state index in [0.29, 0.717) is 18.7 Å². The lowest BCUT2D eigenvalue weighted by Crippen LogP contribution is -2.56. The highest BCUT2D eigenvalue weighted by Crippen LogP contribution is 2.30. The Morgan fingerprint density at radius 1 is 1.20 bits per heavy atom. The summed E-state index contributed by atoms with van der Waals surface area (Å²) in [7, 11) is 4.95. The van der Waals surface area contributed by atoms with Crippen LogP contribution in [0.3, 0.4) is 0 Å². The van der Waals surface area contributed by atoms with Gasteiger partial charge in [0, 0.05) is 45.1 Å². The first kappa shape index (κ1) is 37.9. The Balaban J connectivity index is 1.75. The molecule has 2 aromatic rings. The monoisotopic (exact) mass is 675 g/mol. The number of hydrogen-bond donors (Lipinski definition) is 2. The smallest absolute Gasteiger partial charge is 0.240 e. The molecule has 1 aromatic heterocycles. The van der Waals surface area contributed by atoms with Crippen molar-refractivity contribution in [3.63, 3.8) is 0 Å². The Bertz CT molecular complexity index is 1220. The number of carbonyl (C=O) groups is 3. The number of nitrogens with one attached hydrogen (secondary N) is 1. The van der Waals surface area contributed by atoms with Gasteiger partial charge in [-0.15, -0.1) is 11.3 Å². The van der Waals surface area contributed by atoms with Crippen LogP contribution < -0.4 is 11.1 Å². The SMILES string of the molecule is CC[C@H](C)[C@@H]([C@@H](CC(=O)N1CCC[C@H]1[C@H](OC)[C@@H](C)C(=O)N[C@@H](Cc1ccccc1)c1nccs1)OC)N(C)C(=O)[C@@H](N)CSC. The predicted molar refractivity (Wildman–Crippen MR) is 186 cm³/mol. The Kier molecular flexibility index (Phi) is 15.4. The number of aromatic nitrogens is 1. The maximum atomic E-state index is 14.0. The summed E-state index contributed by atoms with van der Waals surface area (Å²) < 4.78 is 11.9. The van der Waals surface area contributed by atoms with Crippen LogP contribution in [0.2, 0.25) is 0 Å². The number of carbonyl (C=O) groups excluding carboxylic acids is 3. The molecule has 2 heterocycles. The molecule has 10 nitrogen and oxygen atoms in total. The summed E-state index contributed by atoms with van der Waals surface area (Å²) >= 11 is 3.04. The first-order valence-electron chi connectivity index (χ1n) is 16.2. The van der Waals surface area contributed by atoms with Crippen LogP contribution in [-0.4, -0.2) is 103 Å². The van der Waals surface area contributed by atoms with Gasteiger partial charge in [0.1, 0.15) is 5.01 Å². The fraction of sp³-hybridized carbons (Fsp3) is 0.647. The molecule has 12 heteroatoms. The zero-order valence-corrected chi connectivity index (χ0v) is 30.0. The van der Waals surface area contributed by atoms with E-state index >= 15 is 0 Å². The molecule has 8 atom stereocenters. The van der Waals surface area contributed by atoms with Crippen LogP contribution in [0.1, 0.15) is 63.1 Å². The summed E-state index contributed by atoms with van der Waals surface area (Å²) in [5, 5.41) is 5.98. The Hall–Kier alpha value is -2.51. The van der Waals surface area contributed by atoms with E-state index in [1.54, 1.807) is 32.4 Å². The minimum absolute atomic E-state index is 0.0729. The number of ether oxygens (including phenoxy) is 2. The van der Waals surface area contributed by atoms with E-state index in [-0.39, 0.29) is 48.2 Å². The van der Waals surface area contributed by atoms with E-state index < -0.39 is 24.2 Å². The minimum atomic E-state index is -0.624. The van der Waals surface area contributed by atoms with E-state index in [1.165, 1.54) is 23.1 Å². The van der Waals surface area contributed by atoms with Crippen molar-refractivity contribution in [3.8, 4) is 0 Å². The van der Waals surface area contributed by atoms with Gasteiger partial charge in [-0.2, -0.15) is 11.8 Å². The van der Waals surface area contributed by atoms with Gasteiger partial charge in [0.05, 0.1) is 48.7 Å². The number of nitrogens with two attached hydrogens (primary N) is 1. The first-order chi connectivity index (χ1) is 22.1. The van der Waals surface area contributed by atoms with Crippen LogP contribution in [0.5, 0.6) is 0 Å². The molecule has 1 saturated heterocycles. The molecule has 3 rings (SSSR count). The van der Waals surface area contributed by atoms with Crippen LogP contribution in [0, 0.1) is 11.8 Å². The van der Waals surface area contributed by atoms with E-state index in [9.17, 15) is 14.4 Å². The van der Waals surface area contributed by atoms with Gasteiger partial charge in [0.25, 0.3) is 0 Å². The van der Waals surface area contributed by atoms with Gasteiger partial charge in [-0.1, -0.05) is 57.5 Å². The van der Waals surface area contributed by atoms with E-state index in [1.807, 2.05) is 53.8 Å². The lowest BCUT2D eigenvalue weighted by atomic mass is 9.90. The molecule has 0 radical (unpaired) electrons. The summed E-state index contributed by atoms with van der Waals surface area (Å²) in [6, 6.07) is 8.54. The second kappa shape index (κ2) is 18.7. The second-order valence-electron chi connectivity index (χ2n) is 12.3. The molecule has 0 spiro atoms. The summed E-state index contributed by atoms with van der Waals surface area (Å²) in [5.41, 5.74) is 7.29. The highest BCUT2D eigenvalue weighted by Gasteiger charge is 2.42. The third-order valence-electron chi connectivity index (χ3n) is 9.27. The van der Waals surface area contributed by atoms with E-state index in [0.717, 1.165) is 29.8 Å². The van der Waals surface area contributed by atoms with Crippen molar-refractivity contribution in [2.75, 3.05) is 39.8 Å². The number of likely N-dealkylation sites (N-methyl/N-ethyl adjacent to an activating group) is 1. The van der Waals surface area contributed by atoms with Gasteiger partial charge >= 0.3 is 0 Å². The number of thiazole rings is 1. The molecule has 1 aromatic carbocycles. The van der Waals surface area contributed by atoms with Gasteiger partial charge in [-0.05, 0) is 37.0 Å². The first-order valence-corrected chi connectivity index (χ1v) is 18.4. The summed E-state index contributed by atoms with van der Waals surface area (Å²) in [6.07, 6.45) is 5.74. The van der Waals surface area contributed by atoms with Crippen LogP contribution >= 0.6 is 23.1 Å². The number of benzene rings is 1. The number of methoxy groups -OCH3 is 2. The molecular formula is C34H53N5O5S2. The van der Waals surface area contributed by atoms with Gasteiger partial charge in [-0.3, -0.25) is 14.4 Å². The average Bonchev–Trinajstić information content (AvgIpc) is 3.78. The van der Waals surface area contributed by atoms with Crippen LogP contribution in [-0.2, 0) is 30.3 Å². The zero-order valence-electron chi connectivity index (χ0n) is 28.4. The van der Waals surface area contributed by atoms with Crippen molar-refractivity contribution >= 4 is 40.8 Å². The molecule has 0 unspecified atom stereocenters. The third kappa shape index (κ3) is 9.76. The number of nitrogens with zero attached hydrogens (tertiary/aromatic N) is 3. The number of amides is 3. The van der Waals surface area contributed by atoms with Gasteiger partial charge < -0.3 is 30.3 Å². The number of likely N-dealkylation sites (tertiary alicyclic amines) is 1. The van der Waals surface area contributed by atoms with Crippen molar-refractivity contribution in [2.45, 2.75) is 89.3 Å². The fourth-order valence-corrected chi connectivity index (χ4v) is 7.77. The Labute approximate surface area is 283 Å². The molecule has 1 aliphatic rings. The molecule has 3 N–H and O–H groups in total. The number of hydrogen-bond acceptors (Lipinski definition) is 9. The molecule has 0 bridgehead atoms. The predicted octanol–water partition coefficient (Wildman–Crippen LogP) is 4.15. The normalized spacial score (nSPS) is 19.5. The molecule has 1 aliphatic heterocycles. The highest BCUT2D eigenvalue weighted by atomic mass is 32.2. The topological polar surface area (TPSA) is 127 Å². The second-order valence-corrected chi connectivity index (χ2v) is 14.1. The number of thioether (sulfide) groups is 1. The molecule has 3 amide bonds. The van der Waals surface area contributed by atoms with E-state index in [2.05, 4.69) is 24.1 Å². The molecule has 256 valence electrons. The zero-order chi connectivity index (χ0) is 33.8. The quantitative estimate of drug-likeness (QED) is 0.241. The van der Waals surface area contributed by atoms with Crippen molar-refractivity contribution in [1.82, 2.24) is 20.1 Å². The van der Waals surface area contributed by atoms with Crippen molar-refractivity contribution in [1.29, 1.82) is 0 Å². The lowest BCUT2D eigenvalue weighted by molar-refractivity contribution is -0.146. The van der Waals surface area contributed by atoms with Crippen LogP contribution in [0.4, 0.5) is 0 Å². The standard InChI is InChI=1S/C34H53N5O5S2/c1-8-22(2)30(38(4)34(42)25(35)21-45-7)28(43-5)20-29(40)39-17-12-15-27(39)31(44-6)23(3)32(41)37-26(33-36-16-18-46-33)19-24-13-10-9-11-14-24/h9-11,13-14,16,18,22-23,25-28,30-31H,8,12,15,17,19-21,35H2,1-7H3,(H,37,41)/t22-,23+,25-,26-,27-,28+,30-,31+/m0/s1. The molecule has 46 heavy (non-hydrogen) atoms. The maximum Gasteiger partial charge on any atom is 0.240 e. The Morgan fingerprint density at radius 2 is 1.91 bits per heavy atom. The fourth-order valence-electron chi connectivity index (χ4n) is 6.58. The summed E-state index contributed by atoms with van der Waals surface area (Å²) in [6.45, 7) is 6.57. The third-order valence-corrected chi connectivity index (χ3v) is 10.9. The van der Waals surface area contributed by atoms with Gasteiger partial charge in [-0.25, -0.2) is 4.98 Å². The van der Waals surface area contributed by atoms with Crippen molar-refractivity contribution < 1.29 is 23.9 Å². The molecule has 0 aliphatic carbocycles. The van der Waals surface area contributed by atoms with Crippen molar-refractivity contribution in [2.24, 2.45) is 17.6 Å². The van der Waals surface area contributed by atoms with Gasteiger partial charge in [0.2, 0.25) is 17.7 Å². The lowest BCUT2D eigenvalue weighted by Gasteiger charge is -2.40. The van der Waals surface area contributed by atoms with Crippen LogP contribution in [0.15, 0.2) is 41.9 Å². The minimum Gasteiger partial charge on any atom is -0.379 e. The average molecular weight is 676 g/mol. The molecular weight excluding hydrogens is 623 g/mol. The highest BCUT2D eigenvalue weighted by molar-refractivity contribution is 7.98. The Morgan fingerprint density at radius 3 is 2.50 bits per heavy atom. The summed E-state index contributed by atoms with van der Waals surface area (Å²) in [4.78, 5) is 48.9. The maximum absolute atomic E-state index is 14.0. The van der Waals surface area contributed by atoms with E-state index in [4.69, 9.17) is 15.2 Å². The summed E-state index contributed by atoms with van der Waals surface area (Å²) in [5.74, 6) is -0.291. The molecule has 1 fully saturated rings. The largest absolute Gasteiger partial charge is 0.379 e. The van der Waals surface area contributed by atoms with Crippen molar-refractivity contribution in [3.05, 3.63) is 52.5 Å².